The molecule has 3 aliphatic carbocycles. The molecule has 2 aromatic carbocycles. The standard InChI is InChI=1S/C30H39NO/c1-28-18-11-19-29(2,26(28)17-16-23-12-7-8-15-25(23)28)27(32)31-22-30(20-9-4-10-21-30)24-13-5-3-6-14-24/h3,5-8,12-15,26H,4,9-11,16-22H2,1-2H3,(H,31,32)/t26-,28-,29-/m1/s1. The van der Waals surface area contributed by atoms with Crippen LogP contribution in [-0.4, -0.2) is 12.5 Å². The first-order valence-electron chi connectivity index (χ1n) is 12.9. The van der Waals surface area contributed by atoms with E-state index in [-0.39, 0.29) is 16.2 Å². The van der Waals surface area contributed by atoms with Crippen molar-refractivity contribution in [3.8, 4) is 0 Å². The summed E-state index contributed by atoms with van der Waals surface area (Å²) in [7, 11) is 0. The molecule has 3 aliphatic rings. The van der Waals surface area contributed by atoms with Gasteiger partial charge in [0.05, 0.1) is 5.41 Å². The Morgan fingerprint density at radius 2 is 1.59 bits per heavy atom. The first kappa shape index (κ1) is 21.7. The molecule has 32 heavy (non-hydrogen) atoms. The average molecular weight is 430 g/mol. The lowest BCUT2D eigenvalue weighted by atomic mass is 9.49. The smallest absolute Gasteiger partial charge is 0.226 e. The first-order valence-corrected chi connectivity index (χ1v) is 12.9. The number of nitrogens with one attached hydrogen (secondary N) is 1. The second-order valence-electron chi connectivity index (χ2n) is 11.3. The van der Waals surface area contributed by atoms with Gasteiger partial charge in [-0.05, 0) is 66.5 Å². The van der Waals surface area contributed by atoms with Crippen LogP contribution >= 0.6 is 0 Å². The molecule has 0 bridgehead atoms. The summed E-state index contributed by atoms with van der Waals surface area (Å²) in [5.74, 6) is 0.714. The van der Waals surface area contributed by atoms with Crippen LogP contribution in [0, 0.1) is 11.3 Å². The summed E-state index contributed by atoms with van der Waals surface area (Å²) < 4.78 is 0. The van der Waals surface area contributed by atoms with Crippen LogP contribution in [0.5, 0.6) is 0 Å². The summed E-state index contributed by atoms with van der Waals surface area (Å²) >= 11 is 0. The lowest BCUT2D eigenvalue weighted by Gasteiger charge is -2.54. The van der Waals surface area contributed by atoms with Gasteiger partial charge in [0.25, 0.3) is 0 Å². The molecule has 0 spiro atoms. The molecule has 0 aliphatic heterocycles. The Kier molecular flexibility index (Phi) is 5.68. The highest BCUT2D eigenvalue weighted by Gasteiger charge is 2.55. The summed E-state index contributed by atoms with van der Waals surface area (Å²) in [6.45, 7) is 5.49. The minimum absolute atomic E-state index is 0.0999. The first-order chi connectivity index (χ1) is 15.5. The Hall–Kier alpha value is -2.09. The Balaban J connectivity index is 1.39. The second kappa shape index (κ2) is 8.36. The van der Waals surface area contributed by atoms with Crippen LogP contribution < -0.4 is 5.32 Å². The zero-order chi connectivity index (χ0) is 22.2. The number of amides is 1. The maximum atomic E-state index is 13.9. The van der Waals surface area contributed by atoms with Crippen LogP contribution in [0.3, 0.4) is 0 Å². The van der Waals surface area contributed by atoms with E-state index in [9.17, 15) is 4.79 Å². The molecule has 2 saturated carbocycles. The van der Waals surface area contributed by atoms with Crippen molar-refractivity contribution in [1.82, 2.24) is 5.32 Å². The molecule has 3 atom stereocenters. The van der Waals surface area contributed by atoms with E-state index >= 15 is 0 Å². The van der Waals surface area contributed by atoms with Gasteiger partial charge in [-0.25, -0.2) is 0 Å². The Morgan fingerprint density at radius 3 is 2.38 bits per heavy atom. The molecule has 5 rings (SSSR count). The van der Waals surface area contributed by atoms with Gasteiger partial charge in [0, 0.05) is 12.0 Å². The Morgan fingerprint density at radius 1 is 0.875 bits per heavy atom. The normalized spacial score (nSPS) is 31.2. The van der Waals surface area contributed by atoms with Crippen molar-refractivity contribution < 1.29 is 4.79 Å². The minimum Gasteiger partial charge on any atom is -0.355 e. The van der Waals surface area contributed by atoms with Crippen LogP contribution in [0.4, 0.5) is 0 Å². The lowest BCUT2D eigenvalue weighted by Crippen LogP contribution is -2.56. The zero-order valence-corrected chi connectivity index (χ0v) is 20.0. The number of carbonyl (C=O) groups is 1. The molecule has 2 fully saturated rings. The quantitative estimate of drug-likeness (QED) is 0.574. The lowest BCUT2D eigenvalue weighted by molar-refractivity contribution is -0.139. The monoisotopic (exact) mass is 429 g/mol. The largest absolute Gasteiger partial charge is 0.355 e. The van der Waals surface area contributed by atoms with Gasteiger partial charge in [0.2, 0.25) is 5.91 Å². The topological polar surface area (TPSA) is 29.1 Å². The Bertz CT molecular complexity index is 960. The van der Waals surface area contributed by atoms with E-state index in [0.717, 1.165) is 32.2 Å². The van der Waals surface area contributed by atoms with E-state index in [2.05, 4.69) is 73.8 Å². The van der Waals surface area contributed by atoms with Gasteiger partial charge in [-0.15, -0.1) is 0 Å². The number of benzene rings is 2. The van der Waals surface area contributed by atoms with Crippen molar-refractivity contribution >= 4 is 5.91 Å². The predicted octanol–water partition coefficient (Wildman–Crippen LogP) is 6.72. The molecule has 0 radical (unpaired) electrons. The molecule has 1 amide bonds. The molecule has 2 nitrogen and oxygen atoms in total. The summed E-state index contributed by atoms with van der Waals surface area (Å²) in [6.07, 6.45) is 11.8. The van der Waals surface area contributed by atoms with E-state index in [1.54, 1.807) is 0 Å². The van der Waals surface area contributed by atoms with E-state index in [0.29, 0.717) is 11.8 Å². The fraction of sp³-hybridized carbons (Fsp3) is 0.567. The second-order valence-corrected chi connectivity index (χ2v) is 11.3. The van der Waals surface area contributed by atoms with E-state index < -0.39 is 0 Å². The zero-order valence-electron chi connectivity index (χ0n) is 20.0. The number of fused-ring (bicyclic) bond motifs is 3. The number of aryl methyl sites for hydroxylation is 1. The van der Waals surface area contributed by atoms with Gasteiger partial charge in [-0.2, -0.15) is 0 Å². The summed E-state index contributed by atoms with van der Waals surface area (Å²) in [5, 5.41) is 3.54. The predicted molar refractivity (Wildman–Crippen MR) is 132 cm³/mol. The Labute approximate surface area is 194 Å². The summed E-state index contributed by atoms with van der Waals surface area (Å²) in [4.78, 5) is 13.9. The van der Waals surface area contributed by atoms with Crippen LogP contribution in [0.2, 0.25) is 0 Å². The molecule has 0 saturated heterocycles. The van der Waals surface area contributed by atoms with Gasteiger partial charge in [0.1, 0.15) is 0 Å². The summed E-state index contributed by atoms with van der Waals surface area (Å²) in [5.41, 5.74) is 4.34. The number of hydrogen-bond donors (Lipinski definition) is 1. The SMILES string of the molecule is C[C@@]1(C(=O)NCC2(c3ccccc3)CCCCC2)CCC[C@]2(C)c3ccccc3CC[C@@H]12. The van der Waals surface area contributed by atoms with Crippen LogP contribution in [-0.2, 0) is 22.0 Å². The maximum absolute atomic E-state index is 13.9. The van der Waals surface area contributed by atoms with Gasteiger partial charge in [-0.1, -0.05) is 94.1 Å². The number of rotatable bonds is 4. The van der Waals surface area contributed by atoms with Crippen molar-refractivity contribution in [2.45, 2.75) is 88.9 Å². The van der Waals surface area contributed by atoms with Crippen LogP contribution in [0.1, 0.15) is 88.3 Å². The van der Waals surface area contributed by atoms with Crippen LogP contribution in [0.15, 0.2) is 54.6 Å². The average Bonchev–Trinajstić information content (AvgIpc) is 2.83. The van der Waals surface area contributed by atoms with Gasteiger partial charge < -0.3 is 5.32 Å². The molecular weight excluding hydrogens is 390 g/mol. The molecule has 2 aromatic rings. The molecular formula is C30H39NO. The van der Waals surface area contributed by atoms with E-state index in [4.69, 9.17) is 0 Å². The third kappa shape index (κ3) is 3.51. The van der Waals surface area contributed by atoms with E-state index in [1.165, 1.54) is 55.2 Å². The fourth-order valence-electron chi connectivity index (χ4n) is 7.74. The molecule has 1 N–H and O–H groups in total. The van der Waals surface area contributed by atoms with Gasteiger partial charge >= 0.3 is 0 Å². The third-order valence-electron chi connectivity index (χ3n) is 9.57. The van der Waals surface area contributed by atoms with Crippen molar-refractivity contribution in [2.75, 3.05) is 6.54 Å². The highest BCUT2D eigenvalue weighted by molar-refractivity contribution is 5.83. The highest BCUT2D eigenvalue weighted by Crippen LogP contribution is 2.57. The van der Waals surface area contributed by atoms with Crippen LogP contribution in [0.25, 0.3) is 0 Å². The molecule has 0 unspecified atom stereocenters. The minimum atomic E-state index is -0.285. The molecule has 170 valence electrons. The maximum Gasteiger partial charge on any atom is 0.226 e. The molecule has 0 heterocycles. The number of carbonyl (C=O) groups excluding carboxylic acids is 1. The van der Waals surface area contributed by atoms with Crippen molar-refractivity contribution in [3.63, 3.8) is 0 Å². The molecule has 2 heteroatoms. The molecule has 0 aromatic heterocycles. The summed E-state index contributed by atoms with van der Waals surface area (Å²) in [6, 6.07) is 19.9. The van der Waals surface area contributed by atoms with E-state index in [1.807, 2.05) is 0 Å². The third-order valence-corrected chi connectivity index (χ3v) is 9.57. The van der Waals surface area contributed by atoms with Crippen molar-refractivity contribution in [3.05, 3.63) is 71.3 Å². The van der Waals surface area contributed by atoms with Gasteiger partial charge in [-0.3, -0.25) is 4.79 Å². The fourth-order valence-corrected chi connectivity index (χ4v) is 7.74. The van der Waals surface area contributed by atoms with Gasteiger partial charge in [0.15, 0.2) is 0 Å². The number of hydrogen-bond acceptors (Lipinski definition) is 1. The highest BCUT2D eigenvalue weighted by atomic mass is 16.2. The van der Waals surface area contributed by atoms with Crippen molar-refractivity contribution in [2.24, 2.45) is 11.3 Å². The van der Waals surface area contributed by atoms with Crippen molar-refractivity contribution in [1.29, 1.82) is 0 Å².